The van der Waals surface area contributed by atoms with E-state index in [4.69, 9.17) is 0 Å². The van der Waals surface area contributed by atoms with Crippen molar-refractivity contribution in [2.75, 3.05) is 0 Å². The van der Waals surface area contributed by atoms with Gasteiger partial charge in [0, 0.05) is 0 Å². The molecule has 1 heteroatoms. The van der Waals surface area contributed by atoms with Crippen LogP contribution in [0.2, 0.25) is 0 Å². The van der Waals surface area contributed by atoms with Crippen molar-refractivity contribution in [3.05, 3.63) is 101 Å². The van der Waals surface area contributed by atoms with E-state index in [1.807, 2.05) is 0 Å². The summed E-state index contributed by atoms with van der Waals surface area (Å²) in [6.45, 7) is 14.1. The molecule has 0 saturated carbocycles. The van der Waals surface area contributed by atoms with Crippen molar-refractivity contribution in [2.24, 2.45) is 0 Å². The van der Waals surface area contributed by atoms with Crippen molar-refractivity contribution in [2.45, 2.75) is 58.8 Å². The fourth-order valence-corrected chi connectivity index (χ4v) is 7.65. The average molecular weight is 641 g/mol. The first-order valence-corrected chi connectivity index (χ1v) is 14.5. The van der Waals surface area contributed by atoms with Gasteiger partial charge in [-0.1, -0.05) is 0 Å². The minimum absolute atomic E-state index is 0.0747. The Labute approximate surface area is 220 Å². The maximum absolute atomic E-state index is 2.53. The summed E-state index contributed by atoms with van der Waals surface area (Å²) in [6, 6.07) is 29.5. The van der Waals surface area contributed by atoms with Crippen molar-refractivity contribution in [1.82, 2.24) is 0 Å². The van der Waals surface area contributed by atoms with Crippen LogP contribution < -0.4 is 3.27 Å². The zero-order valence-electron chi connectivity index (χ0n) is 21.3. The molecule has 0 saturated heterocycles. The molecule has 0 bridgehead atoms. The number of rotatable bonds is 2. The third kappa shape index (κ3) is 4.07. The van der Waals surface area contributed by atoms with Crippen LogP contribution >= 0.6 is 0 Å². The summed E-state index contributed by atoms with van der Waals surface area (Å²) in [5.74, 6) is 0. The van der Waals surface area contributed by atoms with E-state index in [1.165, 1.54) is 50.1 Å². The van der Waals surface area contributed by atoms with Crippen LogP contribution in [0.4, 0.5) is 0 Å². The number of hydrogen-bond donors (Lipinski definition) is 0. The number of hydrogen-bond acceptors (Lipinski definition) is 0. The molecule has 1 aliphatic rings. The van der Waals surface area contributed by atoms with Crippen LogP contribution in [-0.4, -0.2) is 24.7 Å². The molecule has 4 aromatic rings. The SMILES string of the molecule is CC(C)(C)c1cc2c(cc1-c1ccccc1)Cc1c-2cc(C(C)(C)C)c(-c2ccccc2)[c]1[BiH2]. The monoisotopic (exact) mass is 640 g/mol. The molecule has 0 aliphatic heterocycles. The fourth-order valence-electron chi connectivity index (χ4n) is 5.39. The van der Waals surface area contributed by atoms with Crippen molar-refractivity contribution in [3.8, 4) is 33.4 Å². The van der Waals surface area contributed by atoms with Gasteiger partial charge in [-0.2, -0.15) is 0 Å². The van der Waals surface area contributed by atoms with Gasteiger partial charge < -0.3 is 0 Å². The fraction of sp³-hybridized carbons (Fsp3) is 0.273. The molecule has 0 radical (unpaired) electrons. The summed E-state index contributed by atoms with van der Waals surface area (Å²) in [5.41, 5.74) is 14.6. The molecule has 0 fully saturated rings. The van der Waals surface area contributed by atoms with E-state index in [1.54, 1.807) is 8.83 Å². The van der Waals surface area contributed by atoms with Gasteiger partial charge in [-0.15, -0.1) is 0 Å². The summed E-state index contributed by atoms with van der Waals surface area (Å²) in [4.78, 5) is 0. The Balaban J connectivity index is 1.78. The van der Waals surface area contributed by atoms with E-state index in [0.717, 1.165) is 31.1 Å². The molecule has 0 N–H and O–H groups in total. The van der Waals surface area contributed by atoms with Crippen LogP contribution in [0.25, 0.3) is 33.4 Å². The Hall–Kier alpha value is -2.24. The molecule has 0 atom stereocenters. The Bertz CT molecular complexity index is 1360. The maximum atomic E-state index is 2.53. The zero-order chi connectivity index (χ0) is 24.3. The Morgan fingerprint density at radius 2 is 1.12 bits per heavy atom. The van der Waals surface area contributed by atoms with E-state index in [2.05, 4.69) is 120 Å². The molecule has 0 aromatic heterocycles. The summed E-state index contributed by atoms with van der Waals surface area (Å²) in [5, 5.41) is 0. The quantitative estimate of drug-likeness (QED) is 0.176. The second-order valence-electron chi connectivity index (χ2n) is 11.7. The second-order valence-corrected chi connectivity index (χ2v) is 13.9. The van der Waals surface area contributed by atoms with E-state index in [-0.39, 0.29) is 10.8 Å². The predicted octanol–water partition coefficient (Wildman–Crippen LogP) is 7.45. The van der Waals surface area contributed by atoms with E-state index >= 15 is 0 Å². The first kappa shape index (κ1) is 23.5. The molecule has 0 heterocycles. The Morgan fingerprint density at radius 3 is 1.68 bits per heavy atom. The third-order valence-electron chi connectivity index (χ3n) is 7.14. The van der Waals surface area contributed by atoms with Crippen molar-refractivity contribution < 1.29 is 0 Å². The van der Waals surface area contributed by atoms with Crippen LogP contribution in [0.15, 0.2) is 78.9 Å². The van der Waals surface area contributed by atoms with Crippen molar-refractivity contribution in [1.29, 1.82) is 0 Å². The van der Waals surface area contributed by atoms with Crippen LogP contribution in [0, 0.1) is 0 Å². The molecule has 4 aromatic carbocycles. The van der Waals surface area contributed by atoms with Crippen molar-refractivity contribution >= 4 is 28.0 Å². The van der Waals surface area contributed by atoms with Crippen LogP contribution in [-0.2, 0) is 17.3 Å². The number of benzene rings is 4. The van der Waals surface area contributed by atoms with Gasteiger partial charge in [0.1, 0.15) is 0 Å². The summed E-state index contributed by atoms with van der Waals surface area (Å²) < 4.78 is 1.60. The number of fused-ring (bicyclic) bond motifs is 3. The Morgan fingerprint density at radius 1 is 0.588 bits per heavy atom. The van der Waals surface area contributed by atoms with Gasteiger partial charge in [0.15, 0.2) is 0 Å². The van der Waals surface area contributed by atoms with Gasteiger partial charge in [0.25, 0.3) is 0 Å². The van der Waals surface area contributed by atoms with Gasteiger partial charge in [-0.05, 0) is 0 Å². The topological polar surface area (TPSA) is 0 Å². The first-order chi connectivity index (χ1) is 16.1. The zero-order valence-corrected chi connectivity index (χ0v) is 25.8. The summed E-state index contributed by atoms with van der Waals surface area (Å²) in [6.07, 6.45) is 1.05. The van der Waals surface area contributed by atoms with Gasteiger partial charge in [0.2, 0.25) is 0 Å². The van der Waals surface area contributed by atoms with Gasteiger partial charge in [0.05, 0.1) is 0 Å². The molecule has 172 valence electrons. The van der Waals surface area contributed by atoms with Gasteiger partial charge in [-0.3, -0.25) is 0 Å². The van der Waals surface area contributed by atoms with Crippen LogP contribution in [0.3, 0.4) is 0 Å². The predicted molar refractivity (Wildman–Crippen MR) is 151 cm³/mol. The molecule has 0 spiro atoms. The molecule has 34 heavy (non-hydrogen) atoms. The first-order valence-electron chi connectivity index (χ1n) is 12.3. The van der Waals surface area contributed by atoms with Gasteiger partial charge in [-0.25, -0.2) is 0 Å². The van der Waals surface area contributed by atoms with E-state index < -0.39 is 0 Å². The van der Waals surface area contributed by atoms with E-state index in [0.29, 0.717) is 0 Å². The van der Waals surface area contributed by atoms with Gasteiger partial charge >= 0.3 is 221 Å². The molecule has 5 rings (SSSR count). The molecular formula is C33H35Bi. The molecule has 0 amide bonds. The second kappa shape index (κ2) is 8.46. The normalized spacial score (nSPS) is 13.0. The minimum atomic E-state index is 0.0747. The molecule has 0 unspecified atom stereocenters. The summed E-state index contributed by atoms with van der Waals surface area (Å²) in [7, 11) is 0. The van der Waals surface area contributed by atoms with Crippen LogP contribution in [0.1, 0.15) is 63.8 Å². The molecule has 1 aliphatic carbocycles. The van der Waals surface area contributed by atoms with E-state index in [9.17, 15) is 0 Å². The molecule has 0 nitrogen and oxygen atoms in total. The third-order valence-corrected chi connectivity index (χ3v) is 9.62. The average Bonchev–Trinajstić information content (AvgIpc) is 3.16. The Kier molecular flexibility index (Phi) is 5.85. The van der Waals surface area contributed by atoms with Crippen molar-refractivity contribution in [3.63, 3.8) is 0 Å². The standard InChI is InChI=1S/C33H33.Bi.2H/c1-32(2,3)30-20-26-24(18-28(30)22-13-9-7-10-14-22)17-25-19-29(23-15-11-8-12-16-23)31(21-27(25)26)33(4,5)6;;;/h7-16,18,20-21H,17H2,1-6H3;;;. The summed E-state index contributed by atoms with van der Waals surface area (Å²) >= 11 is 0.779. The molecular weight excluding hydrogens is 605 g/mol. The van der Waals surface area contributed by atoms with Crippen LogP contribution in [0.5, 0.6) is 0 Å².